The highest BCUT2D eigenvalue weighted by Gasteiger charge is 2.04. The van der Waals surface area contributed by atoms with E-state index >= 15 is 0 Å². The van der Waals surface area contributed by atoms with Crippen LogP contribution < -0.4 is 15.4 Å². The molecule has 0 fully saturated rings. The quantitative estimate of drug-likeness (QED) is 0.829. The molecule has 2 aromatic rings. The lowest BCUT2D eigenvalue weighted by atomic mass is 10.3. The van der Waals surface area contributed by atoms with Gasteiger partial charge in [-0.3, -0.25) is 0 Å². The Morgan fingerprint density at radius 2 is 2.00 bits per heavy atom. The van der Waals surface area contributed by atoms with E-state index in [4.69, 9.17) is 16.6 Å². The van der Waals surface area contributed by atoms with Crippen molar-refractivity contribution in [3.63, 3.8) is 0 Å². The maximum atomic E-state index is 12.0. The number of halogens is 2. The van der Waals surface area contributed by atoms with Gasteiger partial charge in [-0.05, 0) is 48.6 Å². The van der Waals surface area contributed by atoms with E-state index in [9.17, 15) is 8.78 Å². The predicted molar refractivity (Wildman–Crippen MR) is 74.8 cm³/mol. The molecule has 0 aliphatic carbocycles. The van der Waals surface area contributed by atoms with Gasteiger partial charge in [-0.1, -0.05) is 0 Å². The van der Waals surface area contributed by atoms with Crippen LogP contribution in [0.3, 0.4) is 0 Å². The fourth-order valence-corrected chi connectivity index (χ4v) is 1.67. The molecule has 0 bridgehead atoms. The molecule has 0 saturated heterocycles. The van der Waals surface area contributed by atoms with E-state index in [1.54, 1.807) is 24.5 Å². The molecule has 0 saturated carbocycles. The smallest absolute Gasteiger partial charge is 0.387 e. The molecule has 0 spiro atoms. The molecule has 0 radical (unpaired) electrons. The number of alkyl halides is 2. The van der Waals surface area contributed by atoms with Gasteiger partial charge in [0, 0.05) is 5.69 Å². The monoisotopic (exact) mass is 298 g/mol. The van der Waals surface area contributed by atoms with Crippen LogP contribution in [-0.4, -0.2) is 11.7 Å². The number of furan rings is 1. The number of benzene rings is 1. The summed E-state index contributed by atoms with van der Waals surface area (Å²) in [6.45, 7) is -2.37. The molecule has 106 valence electrons. The first-order chi connectivity index (χ1) is 9.63. The summed E-state index contributed by atoms with van der Waals surface area (Å²) in [5.74, 6) is 0.856. The highest BCUT2D eigenvalue weighted by atomic mass is 32.1. The molecular weight excluding hydrogens is 286 g/mol. The highest BCUT2D eigenvalue weighted by molar-refractivity contribution is 7.80. The topological polar surface area (TPSA) is 46.4 Å². The zero-order chi connectivity index (χ0) is 14.4. The van der Waals surface area contributed by atoms with E-state index < -0.39 is 6.61 Å². The number of ether oxygens (including phenoxy) is 1. The Bertz CT molecular complexity index is 544. The second-order valence-corrected chi connectivity index (χ2v) is 4.20. The number of thiocarbonyl (C=S) groups is 1. The number of hydrogen-bond acceptors (Lipinski definition) is 3. The normalized spacial score (nSPS) is 10.3. The third-order valence-corrected chi connectivity index (χ3v) is 2.59. The fourth-order valence-electron chi connectivity index (χ4n) is 1.48. The molecule has 0 aliphatic heterocycles. The number of nitrogens with one attached hydrogen (secondary N) is 2. The van der Waals surface area contributed by atoms with Crippen molar-refractivity contribution in [2.45, 2.75) is 13.2 Å². The third-order valence-electron chi connectivity index (χ3n) is 2.34. The van der Waals surface area contributed by atoms with Gasteiger partial charge in [-0.2, -0.15) is 8.78 Å². The van der Waals surface area contributed by atoms with Gasteiger partial charge in [0.05, 0.1) is 12.8 Å². The van der Waals surface area contributed by atoms with Crippen LogP contribution in [-0.2, 0) is 6.54 Å². The van der Waals surface area contributed by atoms with E-state index in [2.05, 4.69) is 15.4 Å². The number of hydrogen-bond donors (Lipinski definition) is 2. The van der Waals surface area contributed by atoms with Crippen molar-refractivity contribution in [3.05, 3.63) is 48.4 Å². The molecule has 7 heteroatoms. The van der Waals surface area contributed by atoms with E-state index in [-0.39, 0.29) is 5.75 Å². The summed E-state index contributed by atoms with van der Waals surface area (Å²) in [7, 11) is 0. The van der Waals surface area contributed by atoms with Crippen LogP contribution >= 0.6 is 12.2 Å². The summed E-state index contributed by atoms with van der Waals surface area (Å²) in [6, 6.07) is 9.67. The SMILES string of the molecule is FC(F)Oc1ccc(NC(=S)NCc2ccco2)cc1. The van der Waals surface area contributed by atoms with Crippen molar-refractivity contribution in [3.8, 4) is 5.75 Å². The molecule has 2 rings (SSSR count). The van der Waals surface area contributed by atoms with Gasteiger partial charge in [-0.25, -0.2) is 0 Å². The van der Waals surface area contributed by atoms with Crippen LogP contribution in [0.25, 0.3) is 0 Å². The molecule has 0 aliphatic rings. The minimum absolute atomic E-state index is 0.0972. The van der Waals surface area contributed by atoms with Gasteiger partial charge in [0.25, 0.3) is 0 Å². The molecule has 1 aromatic heterocycles. The predicted octanol–water partition coefficient (Wildman–Crippen LogP) is 3.37. The first-order valence-electron chi connectivity index (χ1n) is 5.75. The van der Waals surface area contributed by atoms with E-state index in [0.29, 0.717) is 17.3 Å². The lowest BCUT2D eigenvalue weighted by Gasteiger charge is -2.10. The average Bonchev–Trinajstić information content (AvgIpc) is 2.91. The Hall–Kier alpha value is -2.15. The Kier molecular flexibility index (Phi) is 4.89. The fraction of sp³-hybridized carbons (Fsp3) is 0.154. The van der Waals surface area contributed by atoms with Gasteiger partial charge in [0.1, 0.15) is 11.5 Å². The van der Waals surface area contributed by atoms with Crippen molar-refractivity contribution in [2.75, 3.05) is 5.32 Å². The second-order valence-electron chi connectivity index (χ2n) is 3.79. The minimum atomic E-state index is -2.83. The number of anilines is 1. The third kappa shape index (κ3) is 4.51. The van der Waals surface area contributed by atoms with Gasteiger partial charge in [-0.15, -0.1) is 0 Å². The maximum Gasteiger partial charge on any atom is 0.387 e. The standard InChI is InChI=1S/C13H12F2N2O2S/c14-12(15)19-10-5-3-9(4-6-10)17-13(20)16-8-11-2-1-7-18-11/h1-7,12H,8H2,(H2,16,17,20). The van der Waals surface area contributed by atoms with Gasteiger partial charge >= 0.3 is 6.61 Å². The van der Waals surface area contributed by atoms with Gasteiger partial charge < -0.3 is 19.8 Å². The lowest BCUT2D eigenvalue weighted by molar-refractivity contribution is -0.0498. The van der Waals surface area contributed by atoms with Crippen LogP contribution in [0.15, 0.2) is 47.1 Å². The van der Waals surface area contributed by atoms with Crippen LogP contribution in [0, 0.1) is 0 Å². The highest BCUT2D eigenvalue weighted by Crippen LogP contribution is 2.17. The molecule has 0 unspecified atom stereocenters. The molecular formula is C13H12F2N2O2S. The van der Waals surface area contributed by atoms with Crippen molar-refractivity contribution < 1.29 is 17.9 Å². The van der Waals surface area contributed by atoms with Crippen molar-refractivity contribution in [1.29, 1.82) is 0 Å². The summed E-state index contributed by atoms with van der Waals surface area (Å²) >= 11 is 5.10. The Labute approximate surface area is 119 Å². The average molecular weight is 298 g/mol. The lowest BCUT2D eigenvalue weighted by Crippen LogP contribution is -2.27. The first kappa shape index (κ1) is 14.3. The van der Waals surface area contributed by atoms with E-state index in [1.807, 2.05) is 6.07 Å². The first-order valence-corrected chi connectivity index (χ1v) is 6.16. The summed E-state index contributed by atoms with van der Waals surface area (Å²) in [4.78, 5) is 0. The number of rotatable bonds is 5. The van der Waals surface area contributed by atoms with E-state index in [1.165, 1.54) is 12.1 Å². The van der Waals surface area contributed by atoms with Crippen molar-refractivity contribution >= 4 is 23.0 Å². The summed E-state index contributed by atoms with van der Waals surface area (Å²) in [5.41, 5.74) is 0.670. The van der Waals surface area contributed by atoms with Crippen molar-refractivity contribution in [1.82, 2.24) is 5.32 Å². The largest absolute Gasteiger partial charge is 0.467 e. The molecule has 1 aromatic carbocycles. The summed E-state index contributed by atoms with van der Waals surface area (Å²) < 4.78 is 33.4. The van der Waals surface area contributed by atoms with Crippen LogP contribution in [0.2, 0.25) is 0 Å². The summed E-state index contributed by atoms with van der Waals surface area (Å²) in [5, 5.41) is 6.28. The molecule has 0 atom stereocenters. The zero-order valence-electron chi connectivity index (χ0n) is 10.3. The molecule has 2 N–H and O–H groups in total. The van der Waals surface area contributed by atoms with Crippen LogP contribution in [0.5, 0.6) is 5.75 Å². The Morgan fingerprint density at radius 1 is 1.25 bits per heavy atom. The minimum Gasteiger partial charge on any atom is -0.467 e. The van der Waals surface area contributed by atoms with E-state index in [0.717, 1.165) is 5.76 Å². The van der Waals surface area contributed by atoms with Crippen LogP contribution in [0.4, 0.5) is 14.5 Å². The van der Waals surface area contributed by atoms with Gasteiger partial charge in [0.2, 0.25) is 0 Å². The van der Waals surface area contributed by atoms with Crippen LogP contribution in [0.1, 0.15) is 5.76 Å². The maximum absolute atomic E-state index is 12.0. The molecule has 20 heavy (non-hydrogen) atoms. The molecule has 0 amide bonds. The van der Waals surface area contributed by atoms with Gasteiger partial charge in [0.15, 0.2) is 5.11 Å². The molecule has 1 heterocycles. The Morgan fingerprint density at radius 3 is 2.60 bits per heavy atom. The molecule has 4 nitrogen and oxygen atoms in total. The second kappa shape index (κ2) is 6.85. The van der Waals surface area contributed by atoms with Crippen molar-refractivity contribution in [2.24, 2.45) is 0 Å². The zero-order valence-corrected chi connectivity index (χ0v) is 11.1. The Balaban J connectivity index is 1.81. The summed E-state index contributed by atoms with van der Waals surface area (Å²) in [6.07, 6.45) is 1.58.